The van der Waals surface area contributed by atoms with Gasteiger partial charge in [0.2, 0.25) is 0 Å². The van der Waals surface area contributed by atoms with Gasteiger partial charge in [0.1, 0.15) is 31.8 Å². The third-order valence-electron chi connectivity index (χ3n) is 8.92. The molecule has 0 radical (unpaired) electrons. The minimum Gasteiger partial charge on any atom is -0.464 e. The van der Waals surface area contributed by atoms with Crippen molar-refractivity contribution in [2.24, 2.45) is 76.4 Å². The van der Waals surface area contributed by atoms with Gasteiger partial charge < -0.3 is 18.9 Å². The molecule has 0 unspecified atom stereocenters. The first-order chi connectivity index (χ1) is 20.6. The largest absolute Gasteiger partial charge is 0.464 e. The molecule has 0 amide bonds. The summed E-state index contributed by atoms with van der Waals surface area (Å²) >= 11 is 0. The van der Waals surface area contributed by atoms with Crippen LogP contribution in [0.5, 0.6) is 0 Å². The van der Waals surface area contributed by atoms with E-state index in [2.05, 4.69) is 0 Å². The van der Waals surface area contributed by atoms with Crippen LogP contribution in [0.4, 0.5) is 0 Å². The molecule has 45 heavy (non-hydrogen) atoms. The molecule has 0 rings (SSSR count). The zero-order chi connectivity index (χ0) is 35.4. The van der Waals surface area contributed by atoms with Gasteiger partial charge >= 0.3 is 23.9 Å². The van der Waals surface area contributed by atoms with Gasteiger partial charge in [0.15, 0.2) is 0 Å². The van der Waals surface area contributed by atoms with Crippen LogP contribution < -0.4 is 0 Å². The van der Waals surface area contributed by atoms with Crippen LogP contribution in [0, 0.1) is 76.4 Å². The molecule has 0 saturated heterocycles. The molecule has 0 saturated carbocycles. The van der Waals surface area contributed by atoms with Crippen LogP contribution in [0.25, 0.3) is 0 Å². The number of ether oxygens (including phenoxy) is 4. The van der Waals surface area contributed by atoms with Gasteiger partial charge in [-0.25, -0.2) is 0 Å². The summed E-state index contributed by atoms with van der Waals surface area (Å²) in [6, 6.07) is 0. The van der Waals surface area contributed by atoms with Crippen molar-refractivity contribution < 1.29 is 38.1 Å². The van der Waals surface area contributed by atoms with Gasteiger partial charge in [-0.15, -0.1) is 0 Å². The molecule has 0 aromatic carbocycles. The number of esters is 4. The second-order valence-electron chi connectivity index (χ2n) is 16.0. The van der Waals surface area contributed by atoms with Crippen molar-refractivity contribution in [2.45, 2.75) is 111 Å². The molecule has 8 nitrogen and oxygen atoms in total. The minimum atomic E-state index is -1.30. The highest BCUT2D eigenvalue weighted by Gasteiger charge is 2.42. The van der Waals surface area contributed by atoms with Crippen molar-refractivity contribution in [3.63, 3.8) is 0 Å². The van der Waals surface area contributed by atoms with E-state index in [9.17, 15) is 19.2 Å². The summed E-state index contributed by atoms with van der Waals surface area (Å²) in [5.74, 6) is -2.71. The van der Waals surface area contributed by atoms with Crippen molar-refractivity contribution in [2.75, 3.05) is 26.4 Å². The van der Waals surface area contributed by atoms with Gasteiger partial charge in [0, 0.05) is 0 Å². The summed E-state index contributed by atoms with van der Waals surface area (Å²) in [4.78, 5) is 53.6. The molecule has 0 aromatic rings. The second-order valence-corrected chi connectivity index (χ2v) is 16.0. The summed E-state index contributed by atoms with van der Waals surface area (Å²) in [7, 11) is 0. The zero-order valence-corrected chi connectivity index (χ0v) is 31.5. The van der Waals surface area contributed by atoms with Gasteiger partial charge in [-0.2, -0.15) is 0 Å². The summed E-state index contributed by atoms with van der Waals surface area (Å²) < 4.78 is 23.8. The lowest BCUT2D eigenvalue weighted by Crippen LogP contribution is -2.46. The molecule has 0 aliphatic rings. The molecule has 0 aromatic heterocycles. The maximum Gasteiger partial charge on any atom is 0.309 e. The Hall–Kier alpha value is -2.12. The molecule has 0 N–H and O–H groups in total. The third-order valence-corrected chi connectivity index (χ3v) is 8.92. The highest BCUT2D eigenvalue weighted by molar-refractivity contribution is 5.75. The Labute approximate surface area is 275 Å². The first-order valence-electron chi connectivity index (χ1n) is 17.3. The molecule has 0 spiro atoms. The highest BCUT2D eigenvalue weighted by Crippen LogP contribution is 2.31. The summed E-state index contributed by atoms with van der Waals surface area (Å²) in [5, 5.41) is 0. The van der Waals surface area contributed by atoms with E-state index in [4.69, 9.17) is 18.9 Å². The van der Waals surface area contributed by atoms with E-state index in [0.717, 1.165) is 0 Å². The van der Waals surface area contributed by atoms with E-state index in [-0.39, 0.29) is 121 Å². The van der Waals surface area contributed by atoms with Crippen molar-refractivity contribution in [1.29, 1.82) is 0 Å². The fourth-order valence-electron chi connectivity index (χ4n) is 6.79. The Bertz CT molecular complexity index is 734. The minimum absolute atomic E-state index is 0.0360. The van der Waals surface area contributed by atoms with Crippen LogP contribution in [-0.4, -0.2) is 50.3 Å². The van der Waals surface area contributed by atoms with Crippen LogP contribution in [0.15, 0.2) is 0 Å². The Morgan fingerprint density at radius 1 is 0.333 bits per heavy atom. The first-order valence-corrected chi connectivity index (χ1v) is 17.3. The Balaban J connectivity index is 6.72. The smallest absolute Gasteiger partial charge is 0.309 e. The Morgan fingerprint density at radius 3 is 0.578 bits per heavy atom. The van der Waals surface area contributed by atoms with Gasteiger partial charge in [-0.05, 0) is 47.3 Å². The lowest BCUT2D eigenvalue weighted by Gasteiger charge is -2.35. The standard InChI is InChI=1S/C37H68O8/c1-21(2)29(22(3)4)33(38)42-17-37(18-43-34(39)30(23(5)6)24(7)8,19-44-35(40)31(25(9)10)26(11)12)20-45-36(41)32(27(13)14)28(15)16/h21-32H,17-20H2,1-16H3. The number of hydrogen-bond donors (Lipinski definition) is 0. The molecule has 0 bridgehead atoms. The topological polar surface area (TPSA) is 105 Å². The molecule has 0 fully saturated rings. The Morgan fingerprint density at radius 2 is 0.467 bits per heavy atom. The summed E-state index contributed by atoms with van der Waals surface area (Å²) in [6.45, 7) is 30.6. The normalized spacial score (nSPS) is 12.9. The zero-order valence-electron chi connectivity index (χ0n) is 31.5. The molecule has 0 aliphatic carbocycles. The van der Waals surface area contributed by atoms with Crippen LogP contribution in [0.1, 0.15) is 111 Å². The number of hydrogen-bond acceptors (Lipinski definition) is 8. The maximum atomic E-state index is 13.4. The van der Waals surface area contributed by atoms with Crippen molar-refractivity contribution >= 4 is 23.9 Å². The van der Waals surface area contributed by atoms with Crippen LogP contribution in [0.2, 0.25) is 0 Å². The molecule has 264 valence electrons. The average molecular weight is 641 g/mol. The lowest BCUT2D eigenvalue weighted by molar-refractivity contribution is -0.179. The van der Waals surface area contributed by atoms with E-state index >= 15 is 0 Å². The Kier molecular flexibility index (Phi) is 18.6. The predicted octanol–water partition coefficient (Wildman–Crippen LogP) is 7.86. The van der Waals surface area contributed by atoms with Crippen LogP contribution in [-0.2, 0) is 38.1 Å². The monoisotopic (exact) mass is 640 g/mol. The lowest BCUT2D eigenvalue weighted by atomic mass is 9.84. The number of rotatable bonds is 20. The number of carbonyl (C=O) groups excluding carboxylic acids is 4. The SMILES string of the molecule is CC(C)C(C(=O)OCC(COC(=O)C(C(C)C)C(C)C)(COC(=O)C(C(C)C)C(C)C)COC(=O)C(C(C)C)C(C)C)C(C)C. The van der Waals surface area contributed by atoms with Crippen LogP contribution >= 0.6 is 0 Å². The fourth-order valence-corrected chi connectivity index (χ4v) is 6.79. The van der Waals surface area contributed by atoms with E-state index in [1.54, 1.807) is 0 Å². The molecule has 8 heteroatoms. The highest BCUT2D eigenvalue weighted by atomic mass is 16.6. The third kappa shape index (κ3) is 13.6. The summed E-state index contributed by atoms with van der Waals surface area (Å²) in [6.07, 6.45) is 0. The van der Waals surface area contributed by atoms with Gasteiger partial charge in [0.05, 0.1) is 23.7 Å². The average Bonchev–Trinajstić information content (AvgIpc) is 2.86. The summed E-state index contributed by atoms with van der Waals surface area (Å²) in [5.41, 5.74) is -1.30. The fraction of sp³-hybridized carbons (Fsp3) is 0.892. The van der Waals surface area contributed by atoms with E-state index in [0.29, 0.717) is 0 Å². The predicted molar refractivity (Wildman–Crippen MR) is 179 cm³/mol. The van der Waals surface area contributed by atoms with E-state index in [1.807, 2.05) is 111 Å². The van der Waals surface area contributed by atoms with E-state index < -0.39 is 5.41 Å². The van der Waals surface area contributed by atoms with Gasteiger partial charge in [-0.3, -0.25) is 19.2 Å². The van der Waals surface area contributed by atoms with Gasteiger partial charge in [-0.1, -0.05) is 111 Å². The molecule has 0 aliphatic heterocycles. The van der Waals surface area contributed by atoms with Crippen molar-refractivity contribution in [3.8, 4) is 0 Å². The van der Waals surface area contributed by atoms with E-state index in [1.165, 1.54) is 0 Å². The second kappa shape index (κ2) is 19.5. The van der Waals surface area contributed by atoms with Gasteiger partial charge in [0.25, 0.3) is 0 Å². The van der Waals surface area contributed by atoms with Crippen molar-refractivity contribution in [1.82, 2.24) is 0 Å². The molecule has 0 atom stereocenters. The first kappa shape index (κ1) is 42.9. The molecular weight excluding hydrogens is 572 g/mol. The quantitative estimate of drug-likeness (QED) is 0.0978. The molecular formula is C37H68O8. The van der Waals surface area contributed by atoms with Crippen molar-refractivity contribution in [3.05, 3.63) is 0 Å². The maximum absolute atomic E-state index is 13.4. The van der Waals surface area contributed by atoms with Crippen LogP contribution in [0.3, 0.4) is 0 Å². The number of carbonyl (C=O) groups is 4. The molecule has 0 heterocycles.